The van der Waals surface area contributed by atoms with Crippen LogP contribution in [0, 0.1) is 10.7 Å². The summed E-state index contributed by atoms with van der Waals surface area (Å²) < 4.78 is 0.594. The molecular weight excluding hydrogens is 601 g/mol. The lowest BCUT2D eigenvalue weighted by molar-refractivity contribution is 0.0899. The molecule has 0 aliphatic heterocycles. The number of aryl methyl sites for hydroxylation is 3. The SMILES string of the molecule is Nc1cccc2c1C(=O)CCC2.O=C1CCCc2cccc(Cl)c21.O=C1c2c(Cl)cccc2CCC1Cc1c[nH]c(=S)[nH]1. The van der Waals surface area contributed by atoms with Gasteiger partial charge in [0, 0.05) is 53.0 Å². The number of H-pyrrole nitrogens is 2. The first kappa shape index (κ1) is 30.9. The van der Waals surface area contributed by atoms with Gasteiger partial charge in [-0.05, 0) is 92.1 Å². The summed E-state index contributed by atoms with van der Waals surface area (Å²) in [5.74, 6) is 0.525. The molecule has 3 aromatic carbocycles. The summed E-state index contributed by atoms with van der Waals surface area (Å²) in [6, 6.07) is 17.0. The van der Waals surface area contributed by atoms with Crippen molar-refractivity contribution >= 4 is 58.5 Å². The molecule has 4 N–H and O–H groups in total. The molecule has 1 unspecified atom stereocenters. The molecule has 0 fully saturated rings. The quantitative estimate of drug-likeness (QED) is 0.152. The van der Waals surface area contributed by atoms with Crippen LogP contribution < -0.4 is 5.73 Å². The van der Waals surface area contributed by atoms with Crippen molar-refractivity contribution in [2.24, 2.45) is 5.92 Å². The number of nitrogen functional groups attached to an aromatic ring is 1. The molecule has 9 heteroatoms. The largest absolute Gasteiger partial charge is 0.398 e. The number of benzene rings is 3. The number of halogens is 2. The third-order valence-electron chi connectivity index (χ3n) is 8.14. The lowest BCUT2D eigenvalue weighted by Crippen LogP contribution is -2.25. The van der Waals surface area contributed by atoms with E-state index < -0.39 is 0 Å². The molecule has 1 aromatic heterocycles. The van der Waals surface area contributed by atoms with Crippen LogP contribution in [-0.4, -0.2) is 27.3 Å². The number of anilines is 1. The molecular formula is C34H33Cl2N3O3S. The summed E-state index contributed by atoms with van der Waals surface area (Å²) in [4.78, 5) is 41.3. The minimum absolute atomic E-state index is 0.0196. The van der Waals surface area contributed by atoms with Crippen LogP contribution in [0.4, 0.5) is 5.69 Å². The fourth-order valence-corrected chi connectivity index (χ4v) is 6.82. The zero-order valence-corrected chi connectivity index (χ0v) is 26.0. The molecule has 222 valence electrons. The topological polar surface area (TPSA) is 109 Å². The van der Waals surface area contributed by atoms with Crippen LogP contribution in [-0.2, 0) is 25.7 Å². The van der Waals surface area contributed by atoms with Crippen molar-refractivity contribution in [3.8, 4) is 0 Å². The molecule has 0 amide bonds. The Hall–Kier alpha value is -3.52. The fraction of sp³-hybridized carbons (Fsp3) is 0.294. The maximum absolute atomic E-state index is 12.5. The third-order valence-corrected chi connectivity index (χ3v) is 8.99. The highest BCUT2D eigenvalue weighted by atomic mass is 35.5. The van der Waals surface area contributed by atoms with Crippen molar-refractivity contribution in [1.82, 2.24) is 9.97 Å². The number of rotatable bonds is 2. The average Bonchev–Trinajstić information content (AvgIpc) is 3.40. The van der Waals surface area contributed by atoms with Gasteiger partial charge in [-0.1, -0.05) is 59.6 Å². The van der Waals surface area contributed by atoms with Crippen molar-refractivity contribution in [1.29, 1.82) is 0 Å². The molecule has 3 aliphatic rings. The van der Waals surface area contributed by atoms with Crippen LogP contribution in [0.5, 0.6) is 0 Å². The predicted molar refractivity (Wildman–Crippen MR) is 174 cm³/mol. The van der Waals surface area contributed by atoms with Crippen molar-refractivity contribution in [3.63, 3.8) is 0 Å². The van der Waals surface area contributed by atoms with E-state index in [0.29, 0.717) is 45.3 Å². The molecule has 0 saturated carbocycles. The monoisotopic (exact) mass is 633 g/mol. The zero-order valence-electron chi connectivity index (χ0n) is 23.7. The van der Waals surface area contributed by atoms with Gasteiger partial charge in [-0.15, -0.1) is 0 Å². The molecule has 0 radical (unpaired) electrons. The van der Waals surface area contributed by atoms with Gasteiger partial charge in [0.2, 0.25) is 0 Å². The number of carbonyl (C=O) groups is 3. The van der Waals surface area contributed by atoms with E-state index >= 15 is 0 Å². The number of hydrogen-bond acceptors (Lipinski definition) is 5. The maximum Gasteiger partial charge on any atom is 0.174 e. The second-order valence-corrected chi connectivity index (χ2v) is 12.3. The standard InChI is InChI=1S/C14H13ClN2OS.C10H9ClO.C10H11NO/c15-11-3-1-2-8-4-5-9(13(18)12(8)11)6-10-7-16-14(19)17-10;2*11-8-5-1-3-7-4-2-6-9(12)10(7)8/h1-3,7,9H,4-6H2,(H2,16,17,19);1,3,5H,2,4,6H2;1,3,5H,2,4,6,11H2. The fourth-order valence-electron chi connectivity index (χ4n) is 6.05. The number of aromatic nitrogens is 2. The Morgan fingerprint density at radius 3 is 1.88 bits per heavy atom. The van der Waals surface area contributed by atoms with Gasteiger partial charge in [-0.25, -0.2) is 0 Å². The zero-order chi connectivity index (χ0) is 30.5. The lowest BCUT2D eigenvalue weighted by atomic mass is 9.80. The van der Waals surface area contributed by atoms with E-state index in [4.69, 9.17) is 41.2 Å². The van der Waals surface area contributed by atoms with E-state index in [-0.39, 0.29) is 23.3 Å². The Bertz CT molecular complexity index is 1680. The predicted octanol–water partition coefficient (Wildman–Crippen LogP) is 8.36. The lowest BCUT2D eigenvalue weighted by Gasteiger charge is -2.23. The minimum atomic E-state index is -0.0196. The second kappa shape index (κ2) is 13.8. The first-order chi connectivity index (χ1) is 20.7. The highest BCUT2D eigenvalue weighted by molar-refractivity contribution is 7.71. The molecule has 0 saturated heterocycles. The van der Waals surface area contributed by atoms with Gasteiger partial charge in [0.05, 0.1) is 10.0 Å². The summed E-state index contributed by atoms with van der Waals surface area (Å²) in [7, 11) is 0. The molecule has 3 aliphatic carbocycles. The number of hydrogen-bond donors (Lipinski definition) is 3. The first-order valence-corrected chi connectivity index (χ1v) is 15.7. The normalized spacial score (nSPS) is 17.0. The van der Waals surface area contributed by atoms with Gasteiger partial charge in [-0.2, -0.15) is 0 Å². The number of carbonyl (C=O) groups excluding carboxylic acids is 3. The second-order valence-electron chi connectivity index (χ2n) is 11.1. The minimum Gasteiger partial charge on any atom is -0.398 e. The average molecular weight is 635 g/mol. The number of fused-ring (bicyclic) bond motifs is 3. The molecule has 0 spiro atoms. The Kier molecular flexibility index (Phi) is 9.96. The van der Waals surface area contributed by atoms with E-state index in [2.05, 4.69) is 9.97 Å². The third kappa shape index (κ3) is 7.18. The van der Waals surface area contributed by atoms with Gasteiger partial charge < -0.3 is 15.7 Å². The number of aromatic amines is 2. The van der Waals surface area contributed by atoms with Crippen molar-refractivity contribution in [3.05, 3.63) is 115 Å². The number of nitrogens with one attached hydrogen (secondary N) is 2. The first-order valence-electron chi connectivity index (χ1n) is 14.5. The highest BCUT2D eigenvalue weighted by Gasteiger charge is 2.29. The number of ketones is 3. The van der Waals surface area contributed by atoms with Crippen LogP contribution in [0.25, 0.3) is 0 Å². The Labute approximate surface area is 266 Å². The number of imidazole rings is 1. The van der Waals surface area contributed by atoms with E-state index in [1.165, 1.54) is 0 Å². The Morgan fingerprint density at radius 2 is 1.30 bits per heavy atom. The smallest absolute Gasteiger partial charge is 0.174 e. The van der Waals surface area contributed by atoms with Crippen LogP contribution in [0.15, 0.2) is 60.8 Å². The molecule has 6 nitrogen and oxygen atoms in total. The molecule has 1 atom stereocenters. The van der Waals surface area contributed by atoms with Gasteiger partial charge >= 0.3 is 0 Å². The summed E-state index contributed by atoms with van der Waals surface area (Å²) in [6.45, 7) is 0. The van der Waals surface area contributed by atoms with Gasteiger partial charge in [-0.3, -0.25) is 14.4 Å². The van der Waals surface area contributed by atoms with E-state index in [1.807, 2.05) is 42.6 Å². The Morgan fingerprint density at radius 1 is 0.744 bits per heavy atom. The van der Waals surface area contributed by atoms with Crippen molar-refractivity contribution < 1.29 is 14.4 Å². The number of nitrogens with two attached hydrogens (primary N) is 1. The summed E-state index contributed by atoms with van der Waals surface area (Å²) in [6.07, 6.45) is 9.48. The van der Waals surface area contributed by atoms with Gasteiger partial charge in [0.15, 0.2) is 22.1 Å². The summed E-state index contributed by atoms with van der Waals surface area (Å²) in [5, 5.41) is 1.17. The highest BCUT2D eigenvalue weighted by Crippen LogP contribution is 2.32. The van der Waals surface area contributed by atoms with Crippen molar-refractivity contribution in [2.75, 3.05) is 5.73 Å². The summed E-state index contributed by atoms with van der Waals surface area (Å²) >= 11 is 17.1. The molecule has 4 aromatic rings. The molecule has 43 heavy (non-hydrogen) atoms. The van der Waals surface area contributed by atoms with Crippen LogP contribution in [0.2, 0.25) is 10.0 Å². The maximum atomic E-state index is 12.5. The number of Topliss-reactive ketones (excluding diaryl/α,β-unsaturated/α-hetero) is 3. The van der Waals surface area contributed by atoms with Crippen LogP contribution in [0.1, 0.15) is 85.6 Å². The van der Waals surface area contributed by atoms with Crippen LogP contribution in [0.3, 0.4) is 0 Å². The van der Waals surface area contributed by atoms with E-state index in [9.17, 15) is 14.4 Å². The van der Waals surface area contributed by atoms with Crippen LogP contribution >= 0.6 is 35.4 Å². The Balaban J connectivity index is 0.000000134. The van der Waals surface area contributed by atoms with E-state index in [0.717, 1.165) is 72.0 Å². The molecule has 1 heterocycles. The summed E-state index contributed by atoms with van der Waals surface area (Å²) in [5.41, 5.74) is 12.8. The molecule has 0 bridgehead atoms. The van der Waals surface area contributed by atoms with E-state index in [1.54, 1.807) is 18.2 Å². The van der Waals surface area contributed by atoms with Gasteiger partial charge in [0.1, 0.15) is 0 Å². The van der Waals surface area contributed by atoms with Gasteiger partial charge in [0.25, 0.3) is 0 Å². The molecule has 7 rings (SSSR count). The van der Waals surface area contributed by atoms with Crippen molar-refractivity contribution in [2.45, 2.75) is 57.8 Å².